The highest BCUT2D eigenvalue weighted by atomic mass is 19.1. The number of aromatic amines is 1. The number of hydrogen-bond acceptors (Lipinski definition) is 2. The molecule has 0 aliphatic carbocycles. The number of anilines is 1. The second-order valence-electron chi connectivity index (χ2n) is 5.37. The van der Waals surface area contributed by atoms with Crippen molar-refractivity contribution in [1.82, 2.24) is 14.8 Å². The Morgan fingerprint density at radius 1 is 1.12 bits per heavy atom. The number of aromatic nitrogens is 3. The van der Waals surface area contributed by atoms with Gasteiger partial charge in [-0.1, -0.05) is 0 Å². The lowest BCUT2D eigenvalue weighted by Gasteiger charge is -2.05. The predicted octanol–water partition coefficient (Wildman–Crippen LogP) is 3.75. The van der Waals surface area contributed by atoms with Crippen molar-refractivity contribution in [2.75, 3.05) is 5.32 Å². The van der Waals surface area contributed by atoms with E-state index in [9.17, 15) is 9.18 Å². The van der Waals surface area contributed by atoms with Crippen LogP contribution in [0, 0.1) is 5.82 Å². The van der Waals surface area contributed by atoms with Crippen LogP contribution in [0.4, 0.5) is 10.1 Å². The fourth-order valence-corrected chi connectivity index (χ4v) is 2.54. The van der Waals surface area contributed by atoms with Gasteiger partial charge in [0.15, 0.2) is 0 Å². The second-order valence-corrected chi connectivity index (χ2v) is 5.37. The van der Waals surface area contributed by atoms with Crippen molar-refractivity contribution in [3.63, 3.8) is 0 Å². The van der Waals surface area contributed by atoms with Gasteiger partial charge in [-0.05, 0) is 54.6 Å². The average Bonchev–Trinajstić information content (AvgIpc) is 3.24. The van der Waals surface area contributed by atoms with E-state index in [2.05, 4.69) is 15.4 Å². The number of hydrogen-bond donors (Lipinski definition) is 2. The summed E-state index contributed by atoms with van der Waals surface area (Å²) in [6, 6.07) is 15.2. The van der Waals surface area contributed by atoms with Gasteiger partial charge in [-0.3, -0.25) is 4.79 Å². The van der Waals surface area contributed by atoms with E-state index >= 15 is 0 Å². The van der Waals surface area contributed by atoms with Gasteiger partial charge in [0.2, 0.25) is 0 Å². The fraction of sp³-hybridized carbons (Fsp3) is 0. The minimum atomic E-state index is -0.331. The molecule has 2 heterocycles. The zero-order valence-electron chi connectivity index (χ0n) is 12.5. The molecule has 0 saturated carbocycles. The number of halogens is 1. The number of fused-ring (bicyclic) bond motifs is 1. The van der Waals surface area contributed by atoms with Crippen molar-refractivity contribution in [2.24, 2.45) is 0 Å². The van der Waals surface area contributed by atoms with Crippen LogP contribution in [0.25, 0.3) is 16.6 Å². The van der Waals surface area contributed by atoms with Crippen LogP contribution in [-0.2, 0) is 0 Å². The summed E-state index contributed by atoms with van der Waals surface area (Å²) in [5.41, 5.74) is 2.67. The van der Waals surface area contributed by atoms with E-state index < -0.39 is 0 Å². The maximum Gasteiger partial charge on any atom is 0.272 e. The first-order chi connectivity index (χ1) is 11.7. The van der Waals surface area contributed by atoms with Gasteiger partial charge in [0.1, 0.15) is 11.5 Å². The third-order valence-electron chi connectivity index (χ3n) is 3.72. The van der Waals surface area contributed by atoms with Crippen LogP contribution in [0.1, 0.15) is 10.5 Å². The molecule has 2 N–H and O–H groups in total. The minimum absolute atomic E-state index is 0.279. The fourth-order valence-electron chi connectivity index (χ4n) is 2.54. The molecule has 2 aromatic heterocycles. The average molecular weight is 320 g/mol. The first kappa shape index (κ1) is 14.2. The topological polar surface area (TPSA) is 62.7 Å². The first-order valence-corrected chi connectivity index (χ1v) is 7.39. The molecule has 118 valence electrons. The van der Waals surface area contributed by atoms with Gasteiger partial charge in [-0.2, -0.15) is 5.10 Å². The van der Waals surface area contributed by atoms with Gasteiger partial charge in [0.05, 0.1) is 5.69 Å². The largest absolute Gasteiger partial charge is 0.351 e. The third-order valence-corrected chi connectivity index (χ3v) is 3.72. The number of rotatable bonds is 3. The zero-order chi connectivity index (χ0) is 16.5. The SMILES string of the molecule is O=C(Nc1ccc(-n2cccn2)cc1)c1cc2cc(F)ccc2[nH]1. The molecule has 0 fully saturated rings. The molecule has 0 aliphatic rings. The molecular formula is C18H13FN4O. The number of carbonyl (C=O) groups excluding carboxylic acids is 1. The molecule has 24 heavy (non-hydrogen) atoms. The van der Waals surface area contributed by atoms with Crippen molar-refractivity contribution >= 4 is 22.5 Å². The van der Waals surface area contributed by atoms with Crippen molar-refractivity contribution in [3.05, 3.63) is 78.5 Å². The molecule has 0 aliphatic heterocycles. The monoisotopic (exact) mass is 320 g/mol. The van der Waals surface area contributed by atoms with Crippen LogP contribution in [0.3, 0.4) is 0 Å². The first-order valence-electron chi connectivity index (χ1n) is 7.39. The van der Waals surface area contributed by atoms with Crippen molar-refractivity contribution < 1.29 is 9.18 Å². The highest BCUT2D eigenvalue weighted by Gasteiger charge is 2.10. The molecule has 4 rings (SSSR count). The Hall–Kier alpha value is -3.41. The number of nitrogens with one attached hydrogen (secondary N) is 2. The standard InChI is InChI=1S/C18H13FN4O/c19-13-2-7-16-12(10-13)11-17(22-16)18(24)21-14-3-5-15(6-4-14)23-9-1-8-20-23/h1-11,22H,(H,21,24). The molecule has 0 radical (unpaired) electrons. The van der Waals surface area contributed by atoms with E-state index in [1.54, 1.807) is 35.1 Å². The maximum absolute atomic E-state index is 13.2. The van der Waals surface area contributed by atoms with Crippen molar-refractivity contribution in [2.45, 2.75) is 0 Å². The smallest absolute Gasteiger partial charge is 0.272 e. The van der Waals surface area contributed by atoms with E-state index in [4.69, 9.17) is 0 Å². The lowest BCUT2D eigenvalue weighted by atomic mass is 10.2. The summed E-state index contributed by atoms with van der Waals surface area (Å²) in [6.07, 6.45) is 3.55. The number of benzene rings is 2. The number of nitrogens with zero attached hydrogens (tertiary/aromatic N) is 2. The lowest BCUT2D eigenvalue weighted by Crippen LogP contribution is -2.12. The van der Waals surface area contributed by atoms with Crippen LogP contribution in [0.15, 0.2) is 67.0 Å². The van der Waals surface area contributed by atoms with E-state index in [0.717, 1.165) is 11.2 Å². The number of carbonyl (C=O) groups is 1. The van der Waals surface area contributed by atoms with E-state index in [-0.39, 0.29) is 11.7 Å². The van der Waals surface area contributed by atoms with Crippen molar-refractivity contribution in [3.8, 4) is 5.69 Å². The molecule has 1 amide bonds. The van der Waals surface area contributed by atoms with Crippen LogP contribution in [-0.4, -0.2) is 20.7 Å². The molecule has 6 heteroatoms. The Kier molecular flexibility index (Phi) is 3.35. The minimum Gasteiger partial charge on any atom is -0.351 e. The molecule has 5 nitrogen and oxygen atoms in total. The normalized spacial score (nSPS) is 10.9. The third kappa shape index (κ3) is 2.65. The molecule has 2 aromatic carbocycles. The van der Waals surface area contributed by atoms with E-state index in [1.165, 1.54) is 12.1 Å². The maximum atomic E-state index is 13.2. The van der Waals surface area contributed by atoms with E-state index in [0.29, 0.717) is 16.8 Å². The molecule has 0 atom stereocenters. The van der Waals surface area contributed by atoms with Gasteiger partial charge in [-0.25, -0.2) is 9.07 Å². The molecule has 0 bridgehead atoms. The molecule has 0 unspecified atom stereocenters. The Bertz CT molecular complexity index is 1000. The van der Waals surface area contributed by atoms with E-state index in [1.807, 2.05) is 24.4 Å². The summed E-state index contributed by atoms with van der Waals surface area (Å²) >= 11 is 0. The Balaban J connectivity index is 1.54. The predicted molar refractivity (Wildman–Crippen MR) is 89.8 cm³/mol. The van der Waals surface area contributed by atoms with Crippen LogP contribution in [0.2, 0.25) is 0 Å². The summed E-state index contributed by atoms with van der Waals surface area (Å²) in [6.45, 7) is 0. The van der Waals surface area contributed by atoms with Crippen LogP contribution < -0.4 is 5.32 Å². The Morgan fingerprint density at radius 3 is 2.71 bits per heavy atom. The highest BCUT2D eigenvalue weighted by molar-refractivity contribution is 6.05. The molecule has 0 spiro atoms. The van der Waals surface area contributed by atoms with Crippen LogP contribution >= 0.6 is 0 Å². The number of amides is 1. The quantitative estimate of drug-likeness (QED) is 0.604. The second kappa shape index (κ2) is 5.66. The summed E-state index contributed by atoms with van der Waals surface area (Å²) in [4.78, 5) is 15.3. The number of H-pyrrole nitrogens is 1. The lowest BCUT2D eigenvalue weighted by molar-refractivity contribution is 0.102. The zero-order valence-corrected chi connectivity index (χ0v) is 12.5. The summed E-state index contributed by atoms with van der Waals surface area (Å²) < 4.78 is 15.0. The van der Waals surface area contributed by atoms with Gasteiger partial charge in [0, 0.05) is 29.0 Å². The summed E-state index contributed by atoms with van der Waals surface area (Å²) in [7, 11) is 0. The summed E-state index contributed by atoms with van der Waals surface area (Å²) in [5.74, 6) is -0.610. The molecular weight excluding hydrogens is 307 g/mol. The van der Waals surface area contributed by atoms with Gasteiger partial charge >= 0.3 is 0 Å². The molecule has 0 saturated heterocycles. The molecule has 4 aromatic rings. The summed E-state index contributed by atoms with van der Waals surface area (Å²) in [5, 5.41) is 7.62. The van der Waals surface area contributed by atoms with Crippen LogP contribution in [0.5, 0.6) is 0 Å². The highest BCUT2D eigenvalue weighted by Crippen LogP contribution is 2.18. The van der Waals surface area contributed by atoms with Gasteiger partial charge in [-0.15, -0.1) is 0 Å². The Morgan fingerprint density at radius 2 is 1.96 bits per heavy atom. The van der Waals surface area contributed by atoms with Gasteiger partial charge in [0.25, 0.3) is 5.91 Å². The van der Waals surface area contributed by atoms with Crippen molar-refractivity contribution in [1.29, 1.82) is 0 Å². The van der Waals surface area contributed by atoms with Gasteiger partial charge < -0.3 is 10.3 Å². The Labute approximate surface area is 136 Å².